The van der Waals surface area contributed by atoms with Gasteiger partial charge in [0.25, 0.3) is 15.9 Å². The molecule has 11 heteroatoms. The predicted molar refractivity (Wildman–Crippen MR) is 118 cm³/mol. The van der Waals surface area contributed by atoms with Gasteiger partial charge in [-0.1, -0.05) is 18.2 Å². The minimum absolute atomic E-state index is 0.00411. The minimum atomic E-state index is -4.11. The summed E-state index contributed by atoms with van der Waals surface area (Å²) >= 11 is 0. The second-order valence-electron chi connectivity index (χ2n) is 7.30. The average molecular weight is 472 g/mol. The van der Waals surface area contributed by atoms with Crippen LogP contribution in [-0.4, -0.2) is 24.3 Å². The fourth-order valence-electron chi connectivity index (χ4n) is 3.36. The molecule has 4 rings (SSSR count). The van der Waals surface area contributed by atoms with Gasteiger partial charge in [-0.25, -0.2) is 22.0 Å². The number of aromatic amines is 2. The summed E-state index contributed by atoms with van der Waals surface area (Å²) < 4.78 is 55.4. The number of nitrogens with one attached hydrogen (secondary N) is 4. The van der Waals surface area contributed by atoms with Gasteiger partial charge >= 0.3 is 5.69 Å². The van der Waals surface area contributed by atoms with Gasteiger partial charge in [-0.15, -0.1) is 0 Å². The van der Waals surface area contributed by atoms with Crippen molar-refractivity contribution < 1.29 is 22.0 Å². The number of sulfonamides is 1. The summed E-state index contributed by atoms with van der Waals surface area (Å²) in [5, 5.41) is 2.59. The van der Waals surface area contributed by atoms with Gasteiger partial charge < -0.3 is 15.3 Å². The number of carbonyl (C=O) groups is 1. The Kier molecular flexibility index (Phi) is 5.73. The maximum absolute atomic E-state index is 14.0. The molecule has 0 fully saturated rings. The molecular weight excluding hydrogens is 454 g/mol. The largest absolute Gasteiger partial charge is 0.345 e. The molecular formula is C22H18F2N4O4S. The molecule has 170 valence electrons. The number of carbonyl (C=O) groups excluding carboxylic acids is 1. The van der Waals surface area contributed by atoms with Crippen molar-refractivity contribution in [1.82, 2.24) is 15.3 Å². The Hall–Kier alpha value is -3.99. The van der Waals surface area contributed by atoms with Crippen molar-refractivity contribution >= 4 is 32.7 Å². The molecule has 0 saturated carbocycles. The molecule has 0 bridgehead atoms. The first-order valence-corrected chi connectivity index (χ1v) is 11.2. The van der Waals surface area contributed by atoms with Crippen LogP contribution < -0.4 is 15.7 Å². The molecule has 0 radical (unpaired) electrons. The lowest BCUT2D eigenvalue weighted by molar-refractivity contribution is 0.0940. The second-order valence-corrected chi connectivity index (χ2v) is 8.98. The van der Waals surface area contributed by atoms with Crippen LogP contribution in [0, 0.1) is 11.6 Å². The normalized spacial score (nSPS) is 12.5. The first-order chi connectivity index (χ1) is 15.6. The Morgan fingerprint density at radius 2 is 1.70 bits per heavy atom. The highest BCUT2D eigenvalue weighted by Gasteiger charge is 2.21. The number of rotatable bonds is 6. The fourth-order valence-corrected chi connectivity index (χ4v) is 4.46. The van der Waals surface area contributed by atoms with Crippen molar-refractivity contribution in [3.05, 3.63) is 93.9 Å². The number of aromatic nitrogens is 2. The van der Waals surface area contributed by atoms with Crippen molar-refractivity contribution in [2.75, 3.05) is 4.72 Å². The fraction of sp³-hybridized carbons (Fsp3) is 0.0909. The summed E-state index contributed by atoms with van der Waals surface area (Å²) in [6, 6.07) is 12.2. The number of halogens is 2. The Morgan fingerprint density at radius 1 is 0.970 bits per heavy atom. The van der Waals surface area contributed by atoms with Gasteiger partial charge in [-0.05, 0) is 43.3 Å². The molecule has 0 spiro atoms. The molecule has 1 heterocycles. The SMILES string of the molecule is CC(NC(=O)c1ccccc1NS(=O)(=O)c1ccc2[nH]c(=O)[nH]c2c1)c1ccc(F)cc1F. The van der Waals surface area contributed by atoms with E-state index in [1.165, 1.54) is 43.3 Å². The van der Waals surface area contributed by atoms with E-state index < -0.39 is 39.3 Å². The van der Waals surface area contributed by atoms with Crippen LogP contribution in [0.4, 0.5) is 14.5 Å². The van der Waals surface area contributed by atoms with Crippen molar-refractivity contribution in [2.45, 2.75) is 17.9 Å². The molecule has 0 aliphatic rings. The summed E-state index contributed by atoms with van der Waals surface area (Å²) in [5.41, 5.74) is 0.374. The maximum atomic E-state index is 14.0. The van der Waals surface area contributed by atoms with E-state index in [1.54, 1.807) is 12.1 Å². The average Bonchev–Trinajstić information content (AvgIpc) is 3.13. The Morgan fingerprint density at radius 3 is 2.45 bits per heavy atom. The lowest BCUT2D eigenvalue weighted by Crippen LogP contribution is -2.28. The summed E-state index contributed by atoms with van der Waals surface area (Å²) in [6.07, 6.45) is 0. The van der Waals surface area contributed by atoms with E-state index in [0.29, 0.717) is 17.1 Å². The number of imidazole rings is 1. The van der Waals surface area contributed by atoms with Crippen LogP contribution in [0.5, 0.6) is 0 Å². The van der Waals surface area contributed by atoms with E-state index in [-0.39, 0.29) is 21.7 Å². The molecule has 1 amide bonds. The highest BCUT2D eigenvalue weighted by Crippen LogP contribution is 2.23. The number of hydrogen-bond acceptors (Lipinski definition) is 4. The zero-order chi connectivity index (χ0) is 23.8. The number of fused-ring (bicyclic) bond motifs is 1. The Labute approximate surface area is 186 Å². The van der Waals surface area contributed by atoms with E-state index in [1.807, 2.05) is 0 Å². The van der Waals surface area contributed by atoms with E-state index in [9.17, 15) is 26.8 Å². The Balaban J connectivity index is 1.59. The van der Waals surface area contributed by atoms with Gasteiger partial charge in [-0.2, -0.15) is 0 Å². The highest BCUT2D eigenvalue weighted by atomic mass is 32.2. The maximum Gasteiger partial charge on any atom is 0.323 e. The molecule has 0 aliphatic carbocycles. The summed E-state index contributed by atoms with van der Waals surface area (Å²) in [5.74, 6) is -2.21. The van der Waals surface area contributed by atoms with Crippen LogP contribution in [0.2, 0.25) is 0 Å². The lowest BCUT2D eigenvalue weighted by Gasteiger charge is -2.17. The van der Waals surface area contributed by atoms with Crippen molar-refractivity contribution in [1.29, 1.82) is 0 Å². The third-order valence-corrected chi connectivity index (χ3v) is 6.35. The van der Waals surface area contributed by atoms with Gasteiger partial charge in [0.1, 0.15) is 11.6 Å². The van der Waals surface area contributed by atoms with E-state index in [4.69, 9.17) is 0 Å². The minimum Gasteiger partial charge on any atom is -0.345 e. The topological polar surface area (TPSA) is 124 Å². The molecule has 0 saturated heterocycles. The van der Waals surface area contributed by atoms with E-state index >= 15 is 0 Å². The third kappa shape index (κ3) is 4.62. The van der Waals surface area contributed by atoms with Crippen LogP contribution in [0.25, 0.3) is 11.0 Å². The van der Waals surface area contributed by atoms with Gasteiger partial charge in [0.15, 0.2) is 0 Å². The lowest BCUT2D eigenvalue weighted by atomic mass is 10.1. The van der Waals surface area contributed by atoms with E-state index in [2.05, 4.69) is 20.0 Å². The first kappa shape index (κ1) is 22.2. The first-order valence-electron chi connectivity index (χ1n) is 9.74. The zero-order valence-corrected chi connectivity index (χ0v) is 18.0. The summed E-state index contributed by atoms with van der Waals surface area (Å²) in [4.78, 5) is 29.2. The summed E-state index contributed by atoms with van der Waals surface area (Å²) in [6.45, 7) is 1.52. The molecule has 8 nitrogen and oxygen atoms in total. The van der Waals surface area contributed by atoms with Crippen LogP contribution in [0.15, 0.2) is 70.4 Å². The molecule has 1 atom stereocenters. The number of hydrogen-bond donors (Lipinski definition) is 4. The smallest absolute Gasteiger partial charge is 0.323 e. The summed E-state index contributed by atoms with van der Waals surface area (Å²) in [7, 11) is -4.11. The number of benzene rings is 3. The molecule has 1 aromatic heterocycles. The standard InChI is InChI=1S/C22H18F2N4O4S/c1-12(15-8-6-13(23)10-17(15)24)25-21(29)16-4-2-3-5-18(16)28-33(31,32)14-7-9-19-20(11-14)27-22(30)26-19/h2-12,28H,1H3,(H,25,29)(H2,26,27,30). The zero-order valence-electron chi connectivity index (χ0n) is 17.1. The van der Waals surface area contributed by atoms with Gasteiger partial charge in [-0.3, -0.25) is 9.52 Å². The van der Waals surface area contributed by atoms with Crippen molar-refractivity contribution in [2.24, 2.45) is 0 Å². The quantitative estimate of drug-likeness (QED) is 0.343. The van der Waals surface area contributed by atoms with Crippen LogP contribution in [-0.2, 0) is 10.0 Å². The van der Waals surface area contributed by atoms with Crippen LogP contribution >= 0.6 is 0 Å². The monoisotopic (exact) mass is 472 g/mol. The molecule has 4 N–H and O–H groups in total. The Bertz CT molecular complexity index is 1530. The number of amides is 1. The van der Waals surface area contributed by atoms with Gasteiger partial charge in [0.2, 0.25) is 0 Å². The second kappa shape index (κ2) is 8.51. The molecule has 33 heavy (non-hydrogen) atoms. The number of para-hydroxylation sites is 1. The third-order valence-electron chi connectivity index (χ3n) is 4.99. The molecule has 4 aromatic rings. The van der Waals surface area contributed by atoms with Crippen molar-refractivity contribution in [3.8, 4) is 0 Å². The predicted octanol–water partition coefficient (Wildman–Crippen LogP) is 3.43. The van der Waals surface area contributed by atoms with Crippen molar-refractivity contribution in [3.63, 3.8) is 0 Å². The number of H-pyrrole nitrogens is 2. The highest BCUT2D eigenvalue weighted by molar-refractivity contribution is 7.92. The van der Waals surface area contributed by atoms with Crippen LogP contribution in [0.3, 0.4) is 0 Å². The molecule has 1 unspecified atom stereocenters. The number of anilines is 1. The van der Waals surface area contributed by atoms with E-state index in [0.717, 1.165) is 6.07 Å². The molecule has 3 aromatic carbocycles. The van der Waals surface area contributed by atoms with Crippen LogP contribution in [0.1, 0.15) is 28.9 Å². The van der Waals surface area contributed by atoms with Gasteiger partial charge in [0, 0.05) is 11.6 Å². The van der Waals surface area contributed by atoms with Gasteiger partial charge in [0.05, 0.1) is 33.2 Å². The molecule has 0 aliphatic heterocycles.